The second-order valence-electron chi connectivity index (χ2n) is 7.02. The first kappa shape index (κ1) is 21.6. The summed E-state index contributed by atoms with van der Waals surface area (Å²) in [4.78, 5) is 16.1. The van der Waals surface area contributed by atoms with Gasteiger partial charge in [0.15, 0.2) is 0 Å². The average molecular weight is 423 g/mol. The molecule has 1 aliphatic rings. The fraction of sp³-hybridized carbons (Fsp3) is 0.381. The number of urea groups is 1. The molecule has 2 amide bonds. The molecule has 0 radical (unpaired) electrons. The summed E-state index contributed by atoms with van der Waals surface area (Å²) in [5, 5.41) is 2.76. The van der Waals surface area contributed by atoms with E-state index in [0.29, 0.717) is 30.0 Å². The minimum absolute atomic E-state index is 0.225. The van der Waals surface area contributed by atoms with Gasteiger partial charge in [0, 0.05) is 38.1 Å². The van der Waals surface area contributed by atoms with Crippen LogP contribution in [0.5, 0.6) is 11.5 Å². The first-order chi connectivity index (χ1) is 14.2. The molecule has 9 heteroatoms. The van der Waals surface area contributed by atoms with E-state index < -0.39 is 17.8 Å². The number of methoxy groups -OCH3 is 1. The zero-order valence-electron chi connectivity index (χ0n) is 17.3. The molecule has 0 aliphatic carbocycles. The SMILES string of the molecule is CCOc1cc(N(C)C)ccc1NC(=O)N1CCc2cc(OC)c(C(F)(F)F)cc21. The van der Waals surface area contributed by atoms with Crippen molar-refractivity contribution in [1.29, 1.82) is 0 Å². The molecule has 0 atom stereocenters. The number of rotatable bonds is 5. The molecule has 0 bridgehead atoms. The Kier molecular flexibility index (Phi) is 6.00. The predicted molar refractivity (Wildman–Crippen MR) is 110 cm³/mol. The lowest BCUT2D eigenvalue weighted by molar-refractivity contribution is -0.138. The van der Waals surface area contributed by atoms with Crippen LogP contribution >= 0.6 is 0 Å². The molecule has 3 rings (SSSR count). The maximum absolute atomic E-state index is 13.4. The lowest BCUT2D eigenvalue weighted by Crippen LogP contribution is -2.33. The molecule has 2 aromatic rings. The number of benzene rings is 2. The number of nitrogens with one attached hydrogen (secondary N) is 1. The number of carbonyl (C=O) groups excluding carboxylic acids is 1. The molecule has 1 heterocycles. The van der Waals surface area contributed by atoms with E-state index >= 15 is 0 Å². The summed E-state index contributed by atoms with van der Waals surface area (Å²) in [5.74, 6) is 0.239. The summed E-state index contributed by atoms with van der Waals surface area (Å²) < 4.78 is 50.7. The standard InChI is InChI=1S/C21H24F3N3O3/c1-5-30-19-11-14(26(2)3)6-7-16(19)25-20(28)27-9-8-13-10-18(29-4)15(12-17(13)27)21(22,23)24/h6-7,10-12H,5,8-9H2,1-4H3,(H,25,28). The Labute approximate surface area is 173 Å². The molecule has 0 aromatic heterocycles. The van der Waals surface area contributed by atoms with Gasteiger partial charge in [-0.3, -0.25) is 4.90 Å². The zero-order chi connectivity index (χ0) is 22.1. The molecule has 2 aromatic carbocycles. The molecule has 1 aliphatic heterocycles. The highest BCUT2D eigenvalue weighted by Crippen LogP contribution is 2.42. The van der Waals surface area contributed by atoms with Gasteiger partial charge in [0.05, 0.1) is 25.0 Å². The minimum Gasteiger partial charge on any atom is -0.496 e. The summed E-state index contributed by atoms with van der Waals surface area (Å²) in [6, 6.07) is 7.13. The van der Waals surface area contributed by atoms with Gasteiger partial charge in [0.2, 0.25) is 0 Å². The third-order valence-corrected chi connectivity index (χ3v) is 4.87. The fourth-order valence-corrected chi connectivity index (χ4v) is 3.37. The van der Waals surface area contributed by atoms with E-state index in [1.165, 1.54) is 18.1 Å². The summed E-state index contributed by atoms with van der Waals surface area (Å²) in [6.07, 6.45) is -4.15. The average Bonchev–Trinajstić information content (AvgIpc) is 3.10. The Morgan fingerprint density at radius 2 is 1.93 bits per heavy atom. The molecule has 0 saturated carbocycles. The van der Waals surface area contributed by atoms with Crippen molar-refractivity contribution in [3.63, 3.8) is 0 Å². The molecule has 162 valence electrons. The van der Waals surface area contributed by atoms with Gasteiger partial charge in [-0.05, 0) is 43.2 Å². The second-order valence-corrected chi connectivity index (χ2v) is 7.02. The van der Waals surface area contributed by atoms with Crippen molar-refractivity contribution in [3.05, 3.63) is 41.5 Å². The van der Waals surface area contributed by atoms with E-state index in [9.17, 15) is 18.0 Å². The second kappa shape index (κ2) is 8.33. The Bertz CT molecular complexity index is 945. The summed E-state index contributed by atoms with van der Waals surface area (Å²) in [7, 11) is 4.97. The van der Waals surface area contributed by atoms with E-state index in [-0.39, 0.29) is 18.0 Å². The van der Waals surface area contributed by atoms with Crippen LogP contribution in [0.25, 0.3) is 0 Å². The molecular weight excluding hydrogens is 399 g/mol. The Morgan fingerprint density at radius 1 is 1.20 bits per heavy atom. The van der Waals surface area contributed by atoms with Gasteiger partial charge in [-0.15, -0.1) is 0 Å². The maximum Gasteiger partial charge on any atom is 0.420 e. The highest BCUT2D eigenvalue weighted by atomic mass is 19.4. The van der Waals surface area contributed by atoms with Crippen LogP contribution in [0.1, 0.15) is 18.1 Å². The summed E-state index contributed by atoms with van der Waals surface area (Å²) >= 11 is 0. The number of alkyl halides is 3. The number of nitrogens with zero attached hydrogens (tertiary/aromatic N) is 2. The predicted octanol–water partition coefficient (Wildman–Crippen LogP) is 4.77. The van der Waals surface area contributed by atoms with Crippen molar-refractivity contribution >= 4 is 23.1 Å². The Balaban J connectivity index is 1.90. The molecule has 1 N–H and O–H groups in total. The number of ether oxygens (including phenoxy) is 2. The van der Waals surface area contributed by atoms with E-state index in [0.717, 1.165) is 11.8 Å². The van der Waals surface area contributed by atoms with Crippen LogP contribution in [0.4, 0.5) is 35.0 Å². The van der Waals surface area contributed by atoms with Crippen LogP contribution in [-0.2, 0) is 12.6 Å². The van der Waals surface area contributed by atoms with Crippen LogP contribution in [0.2, 0.25) is 0 Å². The number of hydrogen-bond donors (Lipinski definition) is 1. The number of fused-ring (bicyclic) bond motifs is 1. The van der Waals surface area contributed by atoms with Gasteiger partial charge < -0.3 is 19.7 Å². The molecule has 0 spiro atoms. The third-order valence-electron chi connectivity index (χ3n) is 4.87. The third kappa shape index (κ3) is 4.24. The van der Waals surface area contributed by atoms with Gasteiger partial charge in [-0.25, -0.2) is 4.79 Å². The van der Waals surface area contributed by atoms with E-state index in [1.54, 1.807) is 12.1 Å². The van der Waals surface area contributed by atoms with Crippen molar-refractivity contribution in [2.24, 2.45) is 0 Å². The Hall–Kier alpha value is -3.10. The summed E-state index contributed by atoms with van der Waals surface area (Å²) in [6.45, 7) is 2.50. The monoisotopic (exact) mass is 423 g/mol. The maximum atomic E-state index is 13.4. The number of halogens is 3. The Morgan fingerprint density at radius 3 is 2.53 bits per heavy atom. The molecule has 6 nitrogen and oxygen atoms in total. The highest BCUT2D eigenvalue weighted by Gasteiger charge is 2.37. The number of hydrogen-bond acceptors (Lipinski definition) is 4. The van der Waals surface area contributed by atoms with Gasteiger partial charge in [-0.1, -0.05) is 0 Å². The topological polar surface area (TPSA) is 54.0 Å². The normalized spacial score (nSPS) is 13.1. The molecular formula is C21H24F3N3O3. The van der Waals surface area contributed by atoms with Gasteiger partial charge in [0.25, 0.3) is 0 Å². The van der Waals surface area contributed by atoms with E-state index in [2.05, 4.69) is 5.32 Å². The van der Waals surface area contributed by atoms with Crippen LogP contribution in [0.15, 0.2) is 30.3 Å². The van der Waals surface area contributed by atoms with Crippen molar-refractivity contribution in [2.45, 2.75) is 19.5 Å². The quantitative estimate of drug-likeness (QED) is 0.753. The minimum atomic E-state index is -4.59. The lowest BCUT2D eigenvalue weighted by Gasteiger charge is -2.22. The van der Waals surface area contributed by atoms with Crippen molar-refractivity contribution in [3.8, 4) is 11.5 Å². The fourth-order valence-electron chi connectivity index (χ4n) is 3.37. The number of carbonyl (C=O) groups is 1. The lowest BCUT2D eigenvalue weighted by atomic mass is 10.1. The van der Waals surface area contributed by atoms with Crippen molar-refractivity contribution < 1.29 is 27.4 Å². The van der Waals surface area contributed by atoms with Crippen LogP contribution in [-0.4, -0.2) is 40.4 Å². The number of amides is 2. The van der Waals surface area contributed by atoms with Crippen LogP contribution in [0, 0.1) is 0 Å². The van der Waals surface area contributed by atoms with Crippen molar-refractivity contribution in [1.82, 2.24) is 0 Å². The van der Waals surface area contributed by atoms with Crippen LogP contribution < -0.4 is 24.6 Å². The van der Waals surface area contributed by atoms with E-state index in [4.69, 9.17) is 9.47 Å². The molecule has 0 saturated heterocycles. The molecule has 0 fully saturated rings. The first-order valence-electron chi connectivity index (χ1n) is 9.46. The largest absolute Gasteiger partial charge is 0.496 e. The van der Waals surface area contributed by atoms with Crippen molar-refractivity contribution in [2.75, 3.05) is 49.5 Å². The highest BCUT2D eigenvalue weighted by molar-refractivity contribution is 6.04. The smallest absolute Gasteiger partial charge is 0.420 e. The van der Waals surface area contributed by atoms with E-state index in [1.807, 2.05) is 32.0 Å². The van der Waals surface area contributed by atoms with Gasteiger partial charge >= 0.3 is 12.2 Å². The summed E-state index contributed by atoms with van der Waals surface area (Å²) in [5.41, 5.74) is 1.29. The zero-order valence-corrected chi connectivity index (χ0v) is 17.3. The molecule has 0 unspecified atom stereocenters. The number of anilines is 3. The first-order valence-corrected chi connectivity index (χ1v) is 9.46. The van der Waals surface area contributed by atoms with Crippen LogP contribution in [0.3, 0.4) is 0 Å². The molecule has 30 heavy (non-hydrogen) atoms. The van der Waals surface area contributed by atoms with Gasteiger partial charge in [-0.2, -0.15) is 13.2 Å². The van der Waals surface area contributed by atoms with Gasteiger partial charge in [0.1, 0.15) is 11.5 Å².